The molecule has 0 aliphatic rings. The van der Waals surface area contributed by atoms with Crippen LogP contribution in [0.5, 0.6) is 11.5 Å². The monoisotopic (exact) mass is 339 g/mol. The molecular formula is C16H15Cl2NO3. The van der Waals surface area contributed by atoms with Crippen LogP contribution in [0.2, 0.25) is 10.0 Å². The van der Waals surface area contributed by atoms with E-state index in [0.717, 1.165) is 5.56 Å². The number of anilines is 1. The highest BCUT2D eigenvalue weighted by atomic mass is 35.5. The van der Waals surface area contributed by atoms with Gasteiger partial charge >= 0.3 is 0 Å². The second-order valence-electron chi connectivity index (χ2n) is 4.50. The molecule has 1 amide bonds. The SMILES string of the molecule is COc1ccc(OC)c(CC(=O)Nc2cccc(Cl)c2Cl)c1. The molecule has 2 aromatic rings. The largest absolute Gasteiger partial charge is 0.497 e. The number of carbonyl (C=O) groups is 1. The van der Waals surface area contributed by atoms with Crippen molar-refractivity contribution < 1.29 is 14.3 Å². The van der Waals surface area contributed by atoms with Crippen molar-refractivity contribution in [3.05, 3.63) is 52.0 Å². The Labute approximate surface area is 138 Å². The third kappa shape index (κ3) is 3.84. The minimum absolute atomic E-state index is 0.128. The van der Waals surface area contributed by atoms with E-state index in [0.29, 0.717) is 27.2 Å². The standard InChI is InChI=1S/C16H15Cl2NO3/c1-21-11-6-7-14(22-2)10(8-11)9-15(20)19-13-5-3-4-12(17)16(13)18/h3-8H,9H2,1-2H3,(H,19,20). The van der Waals surface area contributed by atoms with Crippen molar-refractivity contribution in [1.29, 1.82) is 0 Å². The Morgan fingerprint density at radius 3 is 2.59 bits per heavy atom. The van der Waals surface area contributed by atoms with E-state index in [-0.39, 0.29) is 12.3 Å². The smallest absolute Gasteiger partial charge is 0.228 e. The van der Waals surface area contributed by atoms with Gasteiger partial charge in [-0.25, -0.2) is 0 Å². The summed E-state index contributed by atoms with van der Waals surface area (Å²) < 4.78 is 10.4. The van der Waals surface area contributed by atoms with E-state index in [4.69, 9.17) is 32.7 Å². The van der Waals surface area contributed by atoms with Gasteiger partial charge < -0.3 is 14.8 Å². The van der Waals surface area contributed by atoms with Gasteiger partial charge in [0.1, 0.15) is 11.5 Å². The molecule has 22 heavy (non-hydrogen) atoms. The Balaban J connectivity index is 2.16. The van der Waals surface area contributed by atoms with Gasteiger partial charge in [0.05, 0.1) is 36.4 Å². The van der Waals surface area contributed by atoms with Crippen LogP contribution in [0, 0.1) is 0 Å². The van der Waals surface area contributed by atoms with Gasteiger partial charge in [-0.3, -0.25) is 4.79 Å². The summed E-state index contributed by atoms with van der Waals surface area (Å²) in [5.74, 6) is 1.05. The molecule has 2 rings (SSSR count). The maximum Gasteiger partial charge on any atom is 0.228 e. The van der Waals surface area contributed by atoms with Crippen LogP contribution in [0.15, 0.2) is 36.4 Å². The molecular weight excluding hydrogens is 325 g/mol. The maximum atomic E-state index is 12.2. The zero-order valence-electron chi connectivity index (χ0n) is 12.2. The number of halogens is 2. The Morgan fingerprint density at radius 2 is 1.91 bits per heavy atom. The first-order chi connectivity index (χ1) is 10.5. The average Bonchev–Trinajstić information content (AvgIpc) is 2.51. The molecule has 6 heteroatoms. The Morgan fingerprint density at radius 1 is 1.14 bits per heavy atom. The van der Waals surface area contributed by atoms with Gasteiger partial charge in [0.25, 0.3) is 0 Å². The third-order valence-electron chi connectivity index (χ3n) is 3.06. The Hall–Kier alpha value is -1.91. The molecule has 0 saturated carbocycles. The van der Waals surface area contributed by atoms with Gasteiger partial charge in [-0.1, -0.05) is 29.3 Å². The summed E-state index contributed by atoms with van der Waals surface area (Å²) in [6.45, 7) is 0. The van der Waals surface area contributed by atoms with Crippen LogP contribution in [0.25, 0.3) is 0 Å². The third-order valence-corrected chi connectivity index (χ3v) is 3.88. The van der Waals surface area contributed by atoms with Crippen molar-refractivity contribution in [3.8, 4) is 11.5 Å². The fourth-order valence-corrected chi connectivity index (χ4v) is 2.34. The number of ether oxygens (including phenoxy) is 2. The van der Waals surface area contributed by atoms with Gasteiger partial charge in [-0.2, -0.15) is 0 Å². The lowest BCUT2D eigenvalue weighted by molar-refractivity contribution is -0.115. The van der Waals surface area contributed by atoms with E-state index in [1.165, 1.54) is 0 Å². The van der Waals surface area contributed by atoms with Gasteiger partial charge in [-0.15, -0.1) is 0 Å². The first-order valence-electron chi connectivity index (χ1n) is 6.50. The predicted octanol–water partition coefficient (Wildman–Crippen LogP) is 4.19. The van der Waals surface area contributed by atoms with E-state index >= 15 is 0 Å². The lowest BCUT2D eigenvalue weighted by atomic mass is 10.1. The summed E-state index contributed by atoms with van der Waals surface area (Å²) in [6, 6.07) is 10.4. The summed E-state index contributed by atoms with van der Waals surface area (Å²) in [4.78, 5) is 12.2. The van der Waals surface area contributed by atoms with Crippen LogP contribution in [-0.4, -0.2) is 20.1 Å². The lowest BCUT2D eigenvalue weighted by Crippen LogP contribution is -2.15. The van der Waals surface area contributed by atoms with Gasteiger partial charge in [0.2, 0.25) is 5.91 Å². The van der Waals surface area contributed by atoms with Crippen LogP contribution in [0.3, 0.4) is 0 Å². The number of amides is 1. The highest BCUT2D eigenvalue weighted by Gasteiger charge is 2.12. The number of hydrogen-bond acceptors (Lipinski definition) is 3. The van der Waals surface area contributed by atoms with E-state index in [1.54, 1.807) is 50.6 Å². The van der Waals surface area contributed by atoms with E-state index in [9.17, 15) is 4.79 Å². The molecule has 4 nitrogen and oxygen atoms in total. The fourth-order valence-electron chi connectivity index (χ4n) is 1.99. The molecule has 0 bridgehead atoms. The normalized spacial score (nSPS) is 10.2. The molecule has 0 aromatic heterocycles. The van der Waals surface area contributed by atoms with Crippen LogP contribution in [0.4, 0.5) is 5.69 Å². The van der Waals surface area contributed by atoms with Crippen molar-refractivity contribution in [2.24, 2.45) is 0 Å². The lowest BCUT2D eigenvalue weighted by Gasteiger charge is -2.11. The quantitative estimate of drug-likeness (QED) is 0.888. The van der Waals surface area contributed by atoms with Crippen molar-refractivity contribution >= 4 is 34.8 Å². The second kappa shape index (κ2) is 7.38. The Kier molecular flexibility index (Phi) is 5.52. The molecule has 0 spiro atoms. The average molecular weight is 340 g/mol. The molecule has 0 radical (unpaired) electrons. The van der Waals surface area contributed by atoms with Gasteiger partial charge in [0, 0.05) is 5.56 Å². The van der Waals surface area contributed by atoms with Crippen molar-refractivity contribution in [2.75, 3.05) is 19.5 Å². The number of carbonyl (C=O) groups excluding carboxylic acids is 1. The number of methoxy groups -OCH3 is 2. The minimum atomic E-state index is -0.226. The molecule has 0 aliphatic heterocycles. The highest BCUT2D eigenvalue weighted by Crippen LogP contribution is 2.30. The summed E-state index contributed by atoms with van der Waals surface area (Å²) >= 11 is 12.0. The predicted molar refractivity (Wildman–Crippen MR) is 88.3 cm³/mol. The summed E-state index contributed by atoms with van der Waals surface area (Å²) in [5, 5.41) is 3.44. The van der Waals surface area contributed by atoms with Crippen molar-refractivity contribution in [3.63, 3.8) is 0 Å². The molecule has 0 aliphatic carbocycles. The molecule has 0 atom stereocenters. The highest BCUT2D eigenvalue weighted by molar-refractivity contribution is 6.43. The maximum absolute atomic E-state index is 12.2. The number of rotatable bonds is 5. The van der Waals surface area contributed by atoms with Crippen molar-refractivity contribution in [2.45, 2.75) is 6.42 Å². The number of hydrogen-bond donors (Lipinski definition) is 1. The molecule has 1 N–H and O–H groups in total. The van der Waals surface area contributed by atoms with Crippen LogP contribution < -0.4 is 14.8 Å². The zero-order chi connectivity index (χ0) is 16.1. The Bertz CT molecular complexity index is 689. The van der Waals surface area contributed by atoms with Crippen molar-refractivity contribution in [1.82, 2.24) is 0 Å². The van der Waals surface area contributed by atoms with E-state index in [1.807, 2.05) is 0 Å². The molecule has 0 fully saturated rings. The zero-order valence-corrected chi connectivity index (χ0v) is 13.7. The summed E-state index contributed by atoms with van der Waals surface area (Å²) in [5.41, 5.74) is 1.19. The topological polar surface area (TPSA) is 47.6 Å². The van der Waals surface area contributed by atoms with Gasteiger partial charge in [0.15, 0.2) is 0 Å². The number of benzene rings is 2. The first kappa shape index (κ1) is 16.5. The molecule has 0 heterocycles. The fraction of sp³-hybridized carbons (Fsp3) is 0.188. The van der Waals surface area contributed by atoms with Crippen LogP contribution >= 0.6 is 23.2 Å². The molecule has 0 saturated heterocycles. The first-order valence-corrected chi connectivity index (χ1v) is 7.25. The van der Waals surface area contributed by atoms with Gasteiger partial charge in [-0.05, 0) is 30.3 Å². The summed E-state index contributed by atoms with van der Waals surface area (Å²) in [6.07, 6.45) is 0.128. The summed E-state index contributed by atoms with van der Waals surface area (Å²) in [7, 11) is 3.12. The second-order valence-corrected chi connectivity index (χ2v) is 5.29. The molecule has 116 valence electrons. The molecule has 2 aromatic carbocycles. The minimum Gasteiger partial charge on any atom is -0.497 e. The van der Waals surface area contributed by atoms with Crippen LogP contribution in [-0.2, 0) is 11.2 Å². The molecule has 0 unspecified atom stereocenters. The van der Waals surface area contributed by atoms with E-state index in [2.05, 4.69) is 5.32 Å². The van der Waals surface area contributed by atoms with E-state index < -0.39 is 0 Å². The number of nitrogens with one attached hydrogen (secondary N) is 1. The van der Waals surface area contributed by atoms with Crippen LogP contribution in [0.1, 0.15) is 5.56 Å².